The zero-order chi connectivity index (χ0) is 14.3. The summed E-state index contributed by atoms with van der Waals surface area (Å²) in [7, 11) is 0. The van der Waals surface area contributed by atoms with Crippen LogP contribution < -0.4 is 0 Å². The molecule has 0 aromatic heterocycles. The average Bonchev–Trinajstić information content (AvgIpc) is 2.83. The van der Waals surface area contributed by atoms with Crippen molar-refractivity contribution < 1.29 is 0 Å². The second kappa shape index (κ2) is 5.11. The Kier molecular flexibility index (Phi) is 4.00. The second-order valence-electron chi connectivity index (χ2n) is 8.24. The van der Waals surface area contributed by atoms with E-state index in [1.54, 1.807) is 5.57 Å². The molecule has 0 bridgehead atoms. The van der Waals surface area contributed by atoms with E-state index in [4.69, 9.17) is 0 Å². The van der Waals surface area contributed by atoms with Crippen molar-refractivity contribution in [1.29, 1.82) is 0 Å². The first-order chi connectivity index (χ1) is 8.77. The SMILES string of the molecule is CCCC(C)C1C=CC(C2CC(C)(C)C(C)(C)C2)=C1. The number of hydrogen-bond acceptors (Lipinski definition) is 0. The summed E-state index contributed by atoms with van der Waals surface area (Å²) in [6, 6.07) is 0. The smallest absolute Gasteiger partial charge is 0.00187 e. The summed E-state index contributed by atoms with van der Waals surface area (Å²) in [5, 5.41) is 0. The van der Waals surface area contributed by atoms with Gasteiger partial charge in [0.2, 0.25) is 0 Å². The Bertz CT molecular complexity index is 365. The quantitative estimate of drug-likeness (QED) is 0.581. The highest BCUT2D eigenvalue weighted by atomic mass is 14.5. The molecule has 2 atom stereocenters. The molecular weight excluding hydrogens is 228 g/mol. The molecule has 2 aliphatic carbocycles. The van der Waals surface area contributed by atoms with Crippen molar-refractivity contribution >= 4 is 0 Å². The van der Waals surface area contributed by atoms with Gasteiger partial charge >= 0.3 is 0 Å². The topological polar surface area (TPSA) is 0 Å². The number of rotatable bonds is 4. The van der Waals surface area contributed by atoms with Gasteiger partial charge in [-0.1, -0.05) is 72.6 Å². The molecule has 0 radical (unpaired) electrons. The van der Waals surface area contributed by atoms with Crippen LogP contribution in [0.3, 0.4) is 0 Å². The first-order valence-corrected chi connectivity index (χ1v) is 8.17. The van der Waals surface area contributed by atoms with Gasteiger partial charge in [-0.2, -0.15) is 0 Å². The van der Waals surface area contributed by atoms with Crippen LogP contribution in [0.1, 0.15) is 67.2 Å². The van der Waals surface area contributed by atoms with Crippen LogP contribution in [-0.4, -0.2) is 0 Å². The minimum atomic E-state index is 0.472. The zero-order valence-corrected chi connectivity index (χ0v) is 13.8. The predicted molar refractivity (Wildman–Crippen MR) is 85.1 cm³/mol. The third kappa shape index (κ3) is 2.83. The molecule has 19 heavy (non-hydrogen) atoms. The lowest BCUT2D eigenvalue weighted by Crippen LogP contribution is -2.25. The maximum absolute atomic E-state index is 2.57. The van der Waals surface area contributed by atoms with E-state index < -0.39 is 0 Å². The van der Waals surface area contributed by atoms with E-state index in [1.165, 1.54) is 25.7 Å². The lowest BCUT2D eigenvalue weighted by Gasteiger charge is -2.34. The van der Waals surface area contributed by atoms with Crippen molar-refractivity contribution in [1.82, 2.24) is 0 Å². The zero-order valence-electron chi connectivity index (χ0n) is 13.8. The van der Waals surface area contributed by atoms with Crippen LogP contribution in [0.25, 0.3) is 0 Å². The van der Waals surface area contributed by atoms with Crippen LogP contribution in [0, 0.1) is 28.6 Å². The molecule has 0 heteroatoms. The maximum Gasteiger partial charge on any atom is -0.00187 e. The van der Waals surface area contributed by atoms with Gasteiger partial charge in [-0.25, -0.2) is 0 Å². The largest absolute Gasteiger partial charge is 0.0771 e. The van der Waals surface area contributed by atoms with Crippen molar-refractivity contribution in [3.8, 4) is 0 Å². The molecule has 0 amide bonds. The first kappa shape index (κ1) is 14.9. The Morgan fingerprint density at radius 2 is 1.74 bits per heavy atom. The van der Waals surface area contributed by atoms with Gasteiger partial charge in [0.15, 0.2) is 0 Å². The third-order valence-electron chi connectivity index (χ3n) is 6.11. The Morgan fingerprint density at radius 1 is 1.16 bits per heavy atom. The molecule has 108 valence electrons. The van der Waals surface area contributed by atoms with E-state index in [0.29, 0.717) is 16.7 Å². The van der Waals surface area contributed by atoms with E-state index >= 15 is 0 Å². The van der Waals surface area contributed by atoms with E-state index in [1.807, 2.05) is 0 Å². The van der Waals surface area contributed by atoms with E-state index in [9.17, 15) is 0 Å². The standard InChI is InChI=1S/C19H32/c1-7-8-14(2)15-9-10-16(11-15)17-12-18(3,4)19(5,6)13-17/h9-11,14-15,17H,7-8,12-13H2,1-6H3. The Balaban J connectivity index is 2.06. The van der Waals surface area contributed by atoms with Crippen molar-refractivity contribution in [3.05, 3.63) is 23.8 Å². The molecule has 0 aliphatic heterocycles. The summed E-state index contributed by atoms with van der Waals surface area (Å²) in [6.07, 6.45) is 12.8. The fourth-order valence-corrected chi connectivity index (χ4v) is 3.92. The molecule has 1 saturated carbocycles. The normalized spacial score (nSPS) is 30.6. The van der Waals surface area contributed by atoms with Crippen molar-refractivity contribution in [2.24, 2.45) is 28.6 Å². The Morgan fingerprint density at radius 3 is 2.26 bits per heavy atom. The van der Waals surface area contributed by atoms with Crippen molar-refractivity contribution in [2.45, 2.75) is 67.2 Å². The molecule has 2 unspecified atom stereocenters. The minimum absolute atomic E-state index is 0.472. The van der Waals surface area contributed by atoms with Gasteiger partial charge in [-0.3, -0.25) is 0 Å². The van der Waals surface area contributed by atoms with Gasteiger partial charge in [0.25, 0.3) is 0 Å². The lowest BCUT2D eigenvalue weighted by atomic mass is 9.71. The number of allylic oxidation sites excluding steroid dienone is 4. The molecule has 2 rings (SSSR count). The van der Waals surface area contributed by atoms with Gasteiger partial charge < -0.3 is 0 Å². The molecule has 0 N–H and O–H groups in total. The highest BCUT2D eigenvalue weighted by Gasteiger charge is 2.47. The van der Waals surface area contributed by atoms with Gasteiger partial charge in [0.1, 0.15) is 0 Å². The average molecular weight is 260 g/mol. The van der Waals surface area contributed by atoms with E-state index in [2.05, 4.69) is 59.8 Å². The fourth-order valence-electron chi connectivity index (χ4n) is 3.92. The monoisotopic (exact) mass is 260 g/mol. The predicted octanol–water partition coefficient (Wildman–Crippen LogP) is 6.00. The molecule has 0 aromatic carbocycles. The van der Waals surface area contributed by atoms with Crippen LogP contribution in [-0.2, 0) is 0 Å². The van der Waals surface area contributed by atoms with Gasteiger partial charge in [-0.15, -0.1) is 0 Å². The summed E-state index contributed by atoms with van der Waals surface area (Å²) in [5.41, 5.74) is 2.57. The Hall–Kier alpha value is -0.520. The molecule has 0 saturated heterocycles. The maximum atomic E-state index is 2.57. The van der Waals surface area contributed by atoms with Crippen LogP contribution in [0.15, 0.2) is 23.8 Å². The summed E-state index contributed by atoms with van der Waals surface area (Å²) in [4.78, 5) is 0. The number of hydrogen-bond donors (Lipinski definition) is 0. The lowest BCUT2D eigenvalue weighted by molar-refractivity contribution is 0.157. The molecule has 0 nitrogen and oxygen atoms in total. The Labute approximate surface area is 120 Å². The van der Waals surface area contributed by atoms with Crippen LogP contribution in [0.2, 0.25) is 0 Å². The molecule has 2 aliphatic rings. The highest BCUT2D eigenvalue weighted by molar-refractivity contribution is 5.33. The molecule has 0 aromatic rings. The molecule has 0 heterocycles. The summed E-state index contributed by atoms with van der Waals surface area (Å²) < 4.78 is 0. The van der Waals surface area contributed by atoms with E-state index in [-0.39, 0.29) is 0 Å². The molecule has 0 spiro atoms. The second-order valence-corrected chi connectivity index (χ2v) is 8.24. The minimum Gasteiger partial charge on any atom is -0.0771 e. The summed E-state index contributed by atoms with van der Waals surface area (Å²) >= 11 is 0. The molecular formula is C19H32. The van der Waals surface area contributed by atoms with Crippen LogP contribution >= 0.6 is 0 Å². The summed E-state index contributed by atoms with van der Waals surface area (Å²) in [6.45, 7) is 14.5. The van der Waals surface area contributed by atoms with Gasteiger partial charge in [0, 0.05) is 0 Å². The van der Waals surface area contributed by atoms with Crippen LogP contribution in [0.5, 0.6) is 0 Å². The molecule has 1 fully saturated rings. The fraction of sp³-hybridized carbons (Fsp3) is 0.789. The van der Waals surface area contributed by atoms with Gasteiger partial charge in [0.05, 0.1) is 0 Å². The highest BCUT2D eigenvalue weighted by Crippen LogP contribution is 2.57. The van der Waals surface area contributed by atoms with Crippen molar-refractivity contribution in [3.63, 3.8) is 0 Å². The summed E-state index contributed by atoms with van der Waals surface area (Å²) in [5.74, 6) is 2.29. The van der Waals surface area contributed by atoms with Crippen LogP contribution in [0.4, 0.5) is 0 Å². The first-order valence-electron chi connectivity index (χ1n) is 8.17. The van der Waals surface area contributed by atoms with Gasteiger partial charge in [-0.05, 0) is 47.0 Å². The van der Waals surface area contributed by atoms with E-state index in [0.717, 1.165) is 11.8 Å². The van der Waals surface area contributed by atoms with Crippen molar-refractivity contribution in [2.75, 3.05) is 0 Å². The third-order valence-corrected chi connectivity index (χ3v) is 6.11.